The van der Waals surface area contributed by atoms with Gasteiger partial charge in [-0.1, -0.05) is 41.4 Å². The number of fused-ring (bicyclic) bond motifs is 2. The zero-order valence-corrected chi connectivity index (χ0v) is 20.4. The molecule has 35 heavy (non-hydrogen) atoms. The molecule has 1 N–H and O–H groups in total. The molecule has 0 aliphatic carbocycles. The van der Waals surface area contributed by atoms with E-state index in [0.717, 1.165) is 5.56 Å². The highest BCUT2D eigenvalue weighted by Crippen LogP contribution is 2.39. The summed E-state index contributed by atoms with van der Waals surface area (Å²) in [6.07, 6.45) is -1.46. The van der Waals surface area contributed by atoms with Gasteiger partial charge in [-0.05, 0) is 49.4 Å². The van der Waals surface area contributed by atoms with Crippen LogP contribution < -0.4 is 23.8 Å². The van der Waals surface area contributed by atoms with E-state index >= 15 is 0 Å². The number of halogens is 1. The van der Waals surface area contributed by atoms with Gasteiger partial charge in [0.05, 0.1) is 23.7 Å². The third-order valence-electron chi connectivity index (χ3n) is 5.76. The number of para-hydroxylation sites is 2. The lowest BCUT2D eigenvalue weighted by molar-refractivity contribution is -0.128. The van der Waals surface area contributed by atoms with E-state index in [1.807, 2.05) is 25.1 Å². The first kappa shape index (κ1) is 23.3. The van der Waals surface area contributed by atoms with Gasteiger partial charge in [0.15, 0.2) is 17.6 Å². The lowest BCUT2D eigenvalue weighted by atomic mass is 10.2. The molecule has 182 valence electrons. The number of hydrogen-bond donors (Lipinski definition) is 1. The first-order valence-electron chi connectivity index (χ1n) is 11.0. The van der Waals surface area contributed by atoms with Gasteiger partial charge < -0.3 is 19.5 Å². The summed E-state index contributed by atoms with van der Waals surface area (Å²) in [5.74, 6) is 1.05. The standard InChI is InChI=1S/C25H23ClN2O6S/c1-16-6-9-19(10-7-16)35(30,31)28-14-24(34-21-11-8-17(26)12-20(21)28)25(29)27-13-18-15-32-22-4-2-3-5-23(22)33-18/h2-12,18,24H,13-15H2,1H3,(H,27,29)/t18-,24+/m0/s1. The predicted molar refractivity (Wildman–Crippen MR) is 131 cm³/mol. The highest BCUT2D eigenvalue weighted by molar-refractivity contribution is 7.92. The molecule has 0 unspecified atom stereocenters. The van der Waals surface area contributed by atoms with Crippen molar-refractivity contribution in [2.45, 2.75) is 24.0 Å². The van der Waals surface area contributed by atoms with Crippen molar-refractivity contribution in [3.8, 4) is 17.2 Å². The molecule has 0 saturated heterocycles. The Labute approximate surface area is 208 Å². The third kappa shape index (κ3) is 4.74. The number of carbonyl (C=O) groups excluding carboxylic acids is 1. The molecule has 10 heteroatoms. The van der Waals surface area contributed by atoms with Gasteiger partial charge in [-0.25, -0.2) is 8.42 Å². The fourth-order valence-corrected chi connectivity index (χ4v) is 5.55. The number of sulfonamides is 1. The molecule has 0 saturated carbocycles. The van der Waals surface area contributed by atoms with E-state index < -0.39 is 28.1 Å². The smallest absolute Gasteiger partial charge is 0.264 e. The van der Waals surface area contributed by atoms with Crippen LogP contribution in [0.15, 0.2) is 71.6 Å². The molecule has 0 fully saturated rings. The van der Waals surface area contributed by atoms with E-state index in [4.69, 9.17) is 25.8 Å². The summed E-state index contributed by atoms with van der Waals surface area (Å²) >= 11 is 6.15. The number of nitrogens with one attached hydrogen (secondary N) is 1. The molecule has 0 aromatic heterocycles. The van der Waals surface area contributed by atoms with Crippen LogP contribution in [0.2, 0.25) is 5.02 Å². The average molecular weight is 515 g/mol. The fraction of sp³-hybridized carbons (Fsp3) is 0.240. The molecule has 0 spiro atoms. The van der Waals surface area contributed by atoms with E-state index in [1.54, 1.807) is 30.3 Å². The minimum atomic E-state index is -3.97. The SMILES string of the molecule is Cc1ccc(S(=O)(=O)N2C[C@H](C(=O)NC[C@H]3COc4ccccc4O3)Oc3ccc(Cl)cc32)cc1. The molecule has 0 bridgehead atoms. The number of ether oxygens (including phenoxy) is 3. The number of aryl methyl sites for hydroxylation is 1. The Kier molecular flexibility index (Phi) is 6.21. The van der Waals surface area contributed by atoms with Crippen molar-refractivity contribution in [2.75, 3.05) is 24.0 Å². The minimum absolute atomic E-state index is 0.113. The maximum atomic E-state index is 13.5. The summed E-state index contributed by atoms with van der Waals surface area (Å²) in [6, 6.07) is 18.5. The van der Waals surface area contributed by atoms with E-state index in [2.05, 4.69) is 5.32 Å². The summed E-state index contributed by atoms with van der Waals surface area (Å²) < 4.78 is 45.7. The summed E-state index contributed by atoms with van der Waals surface area (Å²) in [5.41, 5.74) is 1.21. The number of hydrogen-bond acceptors (Lipinski definition) is 6. The first-order chi connectivity index (χ1) is 16.8. The molecule has 1 amide bonds. The summed E-state index contributed by atoms with van der Waals surface area (Å²) in [6.45, 7) is 2.11. The van der Waals surface area contributed by atoms with Crippen LogP contribution in [-0.2, 0) is 14.8 Å². The second kappa shape index (κ2) is 9.31. The van der Waals surface area contributed by atoms with Crippen LogP contribution in [0.1, 0.15) is 5.56 Å². The number of benzene rings is 3. The highest BCUT2D eigenvalue weighted by atomic mass is 35.5. The zero-order valence-electron chi connectivity index (χ0n) is 18.8. The molecule has 2 aliphatic heterocycles. The van der Waals surface area contributed by atoms with E-state index in [9.17, 15) is 13.2 Å². The maximum Gasteiger partial charge on any atom is 0.264 e. The monoisotopic (exact) mass is 514 g/mol. The molecular weight excluding hydrogens is 492 g/mol. The van der Waals surface area contributed by atoms with Gasteiger partial charge in [-0.2, -0.15) is 0 Å². The van der Waals surface area contributed by atoms with Crippen molar-refractivity contribution in [1.82, 2.24) is 5.32 Å². The minimum Gasteiger partial charge on any atom is -0.486 e. The van der Waals surface area contributed by atoms with Gasteiger partial charge in [0, 0.05) is 5.02 Å². The Balaban J connectivity index is 1.34. The lowest BCUT2D eigenvalue weighted by Gasteiger charge is -2.35. The molecular formula is C25H23ClN2O6S. The van der Waals surface area contributed by atoms with Crippen molar-refractivity contribution in [1.29, 1.82) is 0 Å². The van der Waals surface area contributed by atoms with E-state index in [1.165, 1.54) is 22.5 Å². The van der Waals surface area contributed by atoms with Gasteiger partial charge in [-0.3, -0.25) is 9.10 Å². The van der Waals surface area contributed by atoms with Gasteiger partial charge in [0.1, 0.15) is 18.5 Å². The molecule has 3 aromatic carbocycles. The normalized spacial score (nSPS) is 18.9. The van der Waals surface area contributed by atoms with Gasteiger partial charge >= 0.3 is 0 Å². The van der Waals surface area contributed by atoms with Crippen molar-refractivity contribution >= 4 is 33.2 Å². The van der Waals surface area contributed by atoms with Crippen molar-refractivity contribution in [3.05, 3.63) is 77.3 Å². The van der Waals surface area contributed by atoms with Crippen LogP contribution in [0.4, 0.5) is 5.69 Å². The fourth-order valence-electron chi connectivity index (χ4n) is 3.92. The number of rotatable bonds is 5. The van der Waals surface area contributed by atoms with Gasteiger partial charge in [0.2, 0.25) is 0 Å². The van der Waals surface area contributed by atoms with Gasteiger partial charge in [0.25, 0.3) is 15.9 Å². The molecule has 2 atom stereocenters. The Bertz CT molecular complexity index is 1360. The second-order valence-electron chi connectivity index (χ2n) is 8.31. The molecule has 0 radical (unpaired) electrons. The summed E-state index contributed by atoms with van der Waals surface area (Å²) in [7, 11) is -3.97. The Morgan fingerprint density at radius 1 is 1.03 bits per heavy atom. The van der Waals surface area contributed by atoms with Crippen molar-refractivity contribution < 1.29 is 27.4 Å². The van der Waals surface area contributed by atoms with Crippen LogP contribution >= 0.6 is 11.6 Å². The van der Waals surface area contributed by atoms with Crippen LogP contribution in [0.3, 0.4) is 0 Å². The summed E-state index contributed by atoms with van der Waals surface area (Å²) in [5, 5.41) is 3.15. The molecule has 8 nitrogen and oxygen atoms in total. The van der Waals surface area contributed by atoms with Crippen LogP contribution in [0.25, 0.3) is 0 Å². The number of amides is 1. The molecule has 2 heterocycles. The third-order valence-corrected chi connectivity index (χ3v) is 7.79. The van der Waals surface area contributed by atoms with Crippen LogP contribution in [0, 0.1) is 6.92 Å². The Morgan fingerprint density at radius 2 is 1.77 bits per heavy atom. The summed E-state index contributed by atoms with van der Waals surface area (Å²) in [4.78, 5) is 13.1. The Hall–Kier alpha value is -3.43. The van der Waals surface area contributed by atoms with E-state index in [0.29, 0.717) is 16.5 Å². The van der Waals surface area contributed by atoms with Crippen LogP contribution in [-0.4, -0.2) is 46.2 Å². The van der Waals surface area contributed by atoms with Crippen molar-refractivity contribution in [3.63, 3.8) is 0 Å². The topological polar surface area (TPSA) is 94.2 Å². The zero-order chi connectivity index (χ0) is 24.6. The lowest BCUT2D eigenvalue weighted by Crippen LogP contribution is -2.52. The average Bonchev–Trinajstić information content (AvgIpc) is 2.86. The number of anilines is 1. The molecule has 2 aliphatic rings. The quantitative estimate of drug-likeness (QED) is 0.559. The molecule has 5 rings (SSSR count). The highest BCUT2D eigenvalue weighted by Gasteiger charge is 2.38. The first-order valence-corrected chi connectivity index (χ1v) is 12.8. The van der Waals surface area contributed by atoms with Gasteiger partial charge in [-0.15, -0.1) is 0 Å². The molecule has 3 aromatic rings. The maximum absolute atomic E-state index is 13.5. The number of nitrogens with zero attached hydrogens (tertiary/aromatic N) is 1. The largest absolute Gasteiger partial charge is 0.486 e. The van der Waals surface area contributed by atoms with Crippen LogP contribution in [0.5, 0.6) is 17.2 Å². The van der Waals surface area contributed by atoms with Crippen molar-refractivity contribution in [2.24, 2.45) is 0 Å². The van der Waals surface area contributed by atoms with E-state index in [-0.39, 0.29) is 36.0 Å². The Morgan fingerprint density at radius 3 is 2.54 bits per heavy atom. The predicted octanol–water partition coefficient (Wildman–Crippen LogP) is 3.56. The second-order valence-corrected chi connectivity index (χ2v) is 10.6. The number of carbonyl (C=O) groups is 1.